The summed E-state index contributed by atoms with van der Waals surface area (Å²) in [6, 6.07) is 10.8. The van der Waals surface area contributed by atoms with E-state index in [1.807, 2.05) is 30.3 Å². The van der Waals surface area contributed by atoms with Crippen molar-refractivity contribution in [1.82, 2.24) is 9.88 Å². The molecular weight excluding hydrogens is 328 g/mol. The Hall–Kier alpha value is -2.40. The van der Waals surface area contributed by atoms with Gasteiger partial charge in [-0.3, -0.25) is 14.6 Å². The van der Waals surface area contributed by atoms with Crippen LogP contribution in [0.25, 0.3) is 0 Å². The minimum absolute atomic E-state index is 0.186. The van der Waals surface area contributed by atoms with E-state index in [4.69, 9.17) is 11.6 Å². The van der Waals surface area contributed by atoms with Gasteiger partial charge in [0.25, 0.3) is 5.91 Å². The van der Waals surface area contributed by atoms with Crippen LogP contribution in [-0.2, 0) is 10.2 Å². The summed E-state index contributed by atoms with van der Waals surface area (Å²) in [6.45, 7) is 0.747. The summed E-state index contributed by atoms with van der Waals surface area (Å²) in [5, 5.41) is 10.1. The number of likely N-dealkylation sites (tertiary alicyclic amines) is 1. The first-order valence-corrected chi connectivity index (χ1v) is 8.10. The molecule has 0 bridgehead atoms. The quantitative estimate of drug-likeness (QED) is 0.929. The molecule has 1 N–H and O–H groups in total. The maximum Gasteiger partial charge on any atom is 0.314 e. The number of aromatic nitrogens is 1. The molecule has 2 heterocycles. The van der Waals surface area contributed by atoms with E-state index in [1.54, 1.807) is 11.0 Å². The minimum Gasteiger partial charge on any atom is -0.481 e. The SMILES string of the molecule is O=C(c1ccncc1Cl)N1CCC(C(=O)O)(c2ccccc2)CC1. The third-order valence-corrected chi connectivity index (χ3v) is 4.94. The van der Waals surface area contributed by atoms with Gasteiger partial charge in [-0.15, -0.1) is 0 Å². The van der Waals surface area contributed by atoms with Crippen LogP contribution in [0.5, 0.6) is 0 Å². The van der Waals surface area contributed by atoms with Crippen molar-refractivity contribution in [3.63, 3.8) is 0 Å². The molecule has 0 radical (unpaired) electrons. The Balaban J connectivity index is 1.80. The summed E-state index contributed by atoms with van der Waals surface area (Å²) < 4.78 is 0. The number of nitrogens with zero attached hydrogens (tertiary/aromatic N) is 2. The zero-order valence-corrected chi connectivity index (χ0v) is 13.7. The molecule has 0 atom stereocenters. The van der Waals surface area contributed by atoms with Gasteiger partial charge in [-0.1, -0.05) is 41.9 Å². The Morgan fingerprint density at radius 2 is 1.79 bits per heavy atom. The molecule has 1 aromatic heterocycles. The molecule has 1 aliphatic rings. The van der Waals surface area contributed by atoms with Crippen molar-refractivity contribution in [3.05, 3.63) is 64.9 Å². The maximum atomic E-state index is 12.6. The fourth-order valence-electron chi connectivity index (χ4n) is 3.19. The first-order chi connectivity index (χ1) is 11.5. The number of carboxylic acids is 1. The number of benzene rings is 1. The number of halogens is 1. The van der Waals surface area contributed by atoms with Gasteiger partial charge in [-0.05, 0) is 24.5 Å². The van der Waals surface area contributed by atoms with Crippen molar-refractivity contribution >= 4 is 23.5 Å². The summed E-state index contributed by atoms with van der Waals surface area (Å²) in [5.41, 5.74) is 0.237. The molecule has 1 amide bonds. The average Bonchev–Trinajstić information content (AvgIpc) is 2.62. The van der Waals surface area contributed by atoms with Crippen molar-refractivity contribution in [2.45, 2.75) is 18.3 Å². The molecule has 0 unspecified atom stereocenters. The predicted molar refractivity (Wildman–Crippen MR) is 90.1 cm³/mol. The first-order valence-electron chi connectivity index (χ1n) is 7.72. The van der Waals surface area contributed by atoms with Crippen molar-refractivity contribution in [1.29, 1.82) is 0 Å². The number of pyridine rings is 1. The molecule has 0 aliphatic carbocycles. The van der Waals surface area contributed by atoms with E-state index in [2.05, 4.69) is 4.98 Å². The Morgan fingerprint density at radius 1 is 1.12 bits per heavy atom. The van der Waals surface area contributed by atoms with Crippen molar-refractivity contribution in [3.8, 4) is 0 Å². The van der Waals surface area contributed by atoms with Gasteiger partial charge in [0.05, 0.1) is 16.0 Å². The van der Waals surface area contributed by atoms with E-state index in [9.17, 15) is 14.7 Å². The molecule has 1 aromatic carbocycles. The summed E-state index contributed by atoms with van der Waals surface area (Å²) in [4.78, 5) is 30.1. The number of amides is 1. The molecule has 124 valence electrons. The zero-order chi connectivity index (χ0) is 17.2. The van der Waals surface area contributed by atoms with Gasteiger partial charge in [0.1, 0.15) is 0 Å². The van der Waals surface area contributed by atoms with Crippen molar-refractivity contribution < 1.29 is 14.7 Å². The molecule has 6 heteroatoms. The lowest BCUT2D eigenvalue weighted by Gasteiger charge is -2.39. The van der Waals surface area contributed by atoms with Crippen LogP contribution in [0.1, 0.15) is 28.8 Å². The summed E-state index contributed by atoms with van der Waals surface area (Å²) in [6.07, 6.45) is 3.71. The Labute approximate surface area is 144 Å². The fraction of sp³-hybridized carbons (Fsp3) is 0.278. The van der Waals surface area contributed by atoms with E-state index in [1.165, 1.54) is 12.4 Å². The second-order valence-electron chi connectivity index (χ2n) is 5.90. The highest BCUT2D eigenvalue weighted by Crippen LogP contribution is 2.36. The molecule has 2 aromatic rings. The summed E-state index contributed by atoms with van der Waals surface area (Å²) in [7, 11) is 0. The third kappa shape index (κ3) is 2.87. The standard InChI is InChI=1S/C18H17ClN2O3/c19-15-12-20-9-6-14(15)16(22)21-10-7-18(8-11-21,17(23)24)13-4-2-1-3-5-13/h1-6,9,12H,7-8,10-11H2,(H,23,24). The van der Waals surface area contributed by atoms with E-state index in [0.29, 0.717) is 36.5 Å². The Bertz CT molecular complexity index is 756. The van der Waals surface area contributed by atoms with Crippen LogP contribution in [0.2, 0.25) is 5.02 Å². The number of hydrogen-bond donors (Lipinski definition) is 1. The summed E-state index contributed by atoms with van der Waals surface area (Å²) in [5.74, 6) is -1.03. The van der Waals surface area contributed by atoms with Gasteiger partial charge in [0.2, 0.25) is 0 Å². The first kappa shape index (κ1) is 16.5. The summed E-state index contributed by atoms with van der Waals surface area (Å²) >= 11 is 6.04. The van der Waals surface area contributed by atoms with Gasteiger partial charge in [0.15, 0.2) is 0 Å². The van der Waals surface area contributed by atoms with Crippen molar-refractivity contribution in [2.75, 3.05) is 13.1 Å². The molecule has 24 heavy (non-hydrogen) atoms. The van der Waals surface area contributed by atoms with E-state index < -0.39 is 11.4 Å². The average molecular weight is 345 g/mol. The highest BCUT2D eigenvalue weighted by atomic mass is 35.5. The van der Waals surface area contributed by atoms with Crippen LogP contribution in [-0.4, -0.2) is 40.0 Å². The fourth-order valence-corrected chi connectivity index (χ4v) is 3.39. The second kappa shape index (κ2) is 6.61. The number of carbonyl (C=O) groups excluding carboxylic acids is 1. The van der Waals surface area contributed by atoms with Gasteiger partial charge < -0.3 is 10.0 Å². The molecule has 1 saturated heterocycles. The number of carboxylic acid groups (broad SMARTS) is 1. The van der Waals surface area contributed by atoms with Gasteiger partial charge in [-0.25, -0.2) is 0 Å². The second-order valence-corrected chi connectivity index (χ2v) is 6.31. The van der Waals surface area contributed by atoms with Crippen molar-refractivity contribution in [2.24, 2.45) is 0 Å². The van der Waals surface area contributed by atoms with Crippen LogP contribution in [0, 0.1) is 0 Å². The molecule has 1 aliphatic heterocycles. The van der Waals surface area contributed by atoms with E-state index in [0.717, 1.165) is 5.56 Å². The molecule has 3 rings (SSSR count). The highest BCUT2D eigenvalue weighted by Gasteiger charge is 2.44. The third-order valence-electron chi connectivity index (χ3n) is 4.64. The van der Waals surface area contributed by atoms with Gasteiger partial charge in [-0.2, -0.15) is 0 Å². The molecule has 0 saturated carbocycles. The van der Waals surface area contributed by atoms with E-state index in [-0.39, 0.29) is 5.91 Å². The van der Waals surface area contributed by atoms with Crippen LogP contribution < -0.4 is 0 Å². The lowest BCUT2D eigenvalue weighted by molar-refractivity contribution is -0.145. The highest BCUT2D eigenvalue weighted by molar-refractivity contribution is 6.33. The minimum atomic E-state index is -0.944. The van der Waals surface area contributed by atoms with Crippen LogP contribution in [0.4, 0.5) is 0 Å². The van der Waals surface area contributed by atoms with Crippen LogP contribution in [0.3, 0.4) is 0 Å². The number of carbonyl (C=O) groups is 2. The number of aliphatic carboxylic acids is 1. The number of piperidine rings is 1. The monoisotopic (exact) mass is 344 g/mol. The maximum absolute atomic E-state index is 12.6. The normalized spacial score (nSPS) is 16.6. The molecule has 5 nitrogen and oxygen atoms in total. The van der Waals surface area contributed by atoms with Gasteiger partial charge >= 0.3 is 5.97 Å². The zero-order valence-electron chi connectivity index (χ0n) is 13.0. The number of hydrogen-bond acceptors (Lipinski definition) is 3. The van der Waals surface area contributed by atoms with Gasteiger partial charge in [0, 0.05) is 25.5 Å². The predicted octanol–water partition coefficient (Wildman–Crippen LogP) is 2.99. The van der Waals surface area contributed by atoms with Crippen LogP contribution in [0.15, 0.2) is 48.8 Å². The Morgan fingerprint density at radius 3 is 2.38 bits per heavy atom. The Kier molecular flexibility index (Phi) is 4.53. The number of rotatable bonds is 3. The molecule has 1 fully saturated rings. The molecular formula is C18H17ClN2O3. The van der Waals surface area contributed by atoms with E-state index >= 15 is 0 Å². The topological polar surface area (TPSA) is 70.5 Å². The lowest BCUT2D eigenvalue weighted by atomic mass is 9.73. The smallest absolute Gasteiger partial charge is 0.314 e. The largest absolute Gasteiger partial charge is 0.481 e. The lowest BCUT2D eigenvalue weighted by Crippen LogP contribution is -2.49. The van der Waals surface area contributed by atoms with Crippen LogP contribution >= 0.6 is 11.6 Å². The molecule has 0 spiro atoms.